The molecule has 0 radical (unpaired) electrons. The van der Waals surface area contributed by atoms with Gasteiger partial charge in [0.15, 0.2) is 0 Å². The second-order valence-corrected chi connectivity index (χ2v) is 8.85. The number of carbonyl (C=O) groups excluding carboxylic acids is 1. The van der Waals surface area contributed by atoms with E-state index in [9.17, 15) is 4.79 Å². The van der Waals surface area contributed by atoms with Crippen LogP contribution in [0.4, 0.5) is 5.69 Å². The van der Waals surface area contributed by atoms with E-state index in [2.05, 4.69) is 44.4 Å². The molecule has 2 N–H and O–H groups in total. The Morgan fingerprint density at radius 2 is 2.17 bits per heavy atom. The monoisotopic (exact) mass is 348 g/mol. The molecular formula is C20H32N2OS. The van der Waals surface area contributed by atoms with Crippen molar-refractivity contribution in [2.24, 2.45) is 11.8 Å². The Labute approximate surface area is 151 Å². The van der Waals surface area contributed by atoms with Crippen molar-refractivity contribution in [2.45, 2.75) is 58.0 Å². The standard InChI is InChI=1S/C20H32N2OS/c1-14(2)24-13-18-7-5-9-19(16(18)4)22-20(23)11-15(3)17-8-6-10-21-12-17/h5,7,9,14-15,17,21H,6,8,10-13H2,1-4H3,(H,22,23). The van der Waals surface area contributed by atoms with Crippen molar-refractivity contribution in [3.05, 3.63) is 29.3 Å². The minimum absolute atomic E-state index is 0.143. The van der Waals surface area contributed by atoms with Gasteiger partial charge in [0, 0.05) is 17.9 Å². The van der Waals surface area contributed by atoms with Crippen molar-refractivity contribution in [1.82, 2.24) is 5.32 Å². The van der Waals surface area contributed by atoms with Gasteiger partial charge in [0.25, 0.3) is 0 Å². The third-order valence-corrected chi connectivity index (χ3v) is 6.08. The molecule has 4 heteroatoms. The van der Waals surface area contributed by atoms with Crippen molar-refractivity contribution in [1.29, 1.82) is 0 Å². The van der Waals surface area contributed by atoms with Crippen LogP contribution in [0.1, 0.15) is 51.2 Å². The van der Waals surface area contributed by atoms with Crippen LogP contribution in [0.2, 0.25) is 0 Å². The van der Waals surface area contributed by atoms with Crippen LogP contribution < -0.4 is 10.6 Å². The predicted octanol–water partition coefficient (Wildman–Crippen LogP) is 4.60. The fourth-order valence-electron chi connectivity index (χ4n) is 3.26. The highest BCUT2D eigenvalue weighted by molar-refractivity contribution is 7.99. The lowest BCUT2D eigenvalue weighted by Gasteiger charge is -2.28. The lowest BCUT2D eigenvalue weighted by molar-refractivity contribution is -0.117. The molecule has 1 amide bonds. The number of benzene rings is 1. The Morgan fingerprint density at radius 3 is 2.83 bits per heavy atom. The molecule has 2 unspecified atom stereocenters. The van der Waals surface area contributed by atoms with E-state index in [-0.39, 0.29) is 5.91 Å². The molecule has 0 saturated carbocycles. The van der Waals surface area contributed by atoms with E-state index in [0.717, 1.165) is 24.5 Å². The third-order valence-electron chi connectivity index (χ3n) is 4.94. The molecule has 1 aliphatic heterocycles. The van der Waals surface area contributed by atoms with Crippen LogP contribution in [0.5, 0.6) is 0 Å². The molecule has 1 aromatic rings. The Morgan fingerprint density at radius 1 is 1.38 bits per heavy atom. The maximum Gasteiger partial charge on any atom is 0.224 e. The predicted molar refractivity (Wildman–Crippen MR) is 106 cm³/mol. The summed E-state index contributed by atoms with van der Waals surface area (Å²) in [5, 5.41) is 7.20. The van der Waals surface area contributed by atoms with E-state index in [4.69, 9.17) is 0 Å². The van der Waals surface area contributed by atoms with Crippen molar-refractivity contribution in [2.75, 3.05) is 18.4 Å². The van der Waals surface area contributed by atoms with Gasteiger partial charge in [-0.05, 0) is 67.1 Å². The summed E-state index contributed by atoms with van der Waals surface area (Å²) in [5.41, 5.74) is 3.48. The average molecular weight is 349 g/mol. The second kappa shape index (κ2) is 9.47. The number of anilines is 1. The number of thioether (sulfide) groups is 1. The van der Waals surface area contributed by atoms with E-state index in [1.54, 1.807) is 0 Å². The first-order valence-corrected chi connectivity index (χ1v) is 10.2. The summed E-state index contributed by atoms with van der Waals surface area (Å²) in [6.45, 7) is 10.9. The lowest BCUT2D eigenvalue weighted by Crippen LogP contribution is -2.34. The van der Waals surface area contributed by atoms with Gasteiger partial charge < -0.3 is 10.6 Å². The molecule has 1 aliphatic rings. The molecule has 1 saturated heterocycles. The number of hydrogen-bond donors (Lipinski definition) is 2. The molecule has 134 valence electrons. The van der Waals surface area contributed by atoms with Gasteiger partial charge in [-0.3, -0.25) is 4.79 Å². The zero-order valence-corrected chi connectivity index (χ0v) is 16.3. The SMILES string of the molecule is Cc1c(CSC(C)C)cccc1NC(=O)CC(C)C1CCCNC1. The second-order valence-electron chi connectivity index (χ2n) is 7.29. The van der Waals surface area contributed by atoms with Crippen LogP contribution in [-0.4, -0.2) is 24.2 Å². The molecule has 0 aromatic heterocycles. The Kier molecular flexibility index (Phi) is 7.63. The van der Waals surface area contributed by atoms with Gasteiger partial charge in [-0.1, -0.05) is 32.9 Å². The molecule has 1 heterocycles. The molecule has 3 nitrogen and oxygen atoms in total. The highest BCUT2D eigenvalue weighted by atomic mass is 32.2. The van der Waals surface area contributed by atoms with E-state index < -0.39 is 0 Å². The number of carbonyl (C=O) groups is 1. The van der Waals surface area contributed by atoms with Gasteiger partial charge in [-0.15, -0.1) is 0 Å². The van der Waals surface area contributed by atoms with Gasteiger partial charge in [0.2, 0.25) is 5.91 Å². The zero-order chi connectivity index (χ0) is 17.5. The summed E-state index contributed by atoms with van der Waals surface area (Å²) in [6.07, 6.45) is 3.07. The fourth-order valence-corrected chi connectivity index (χ4v) is 4.08. The van der Waals surface area contributed by atoms with Crippen LogP contribution in [0, 0.1) is 18.8 Å². The molecule has 24 heavy (non-hydrogen) atoms. The molecule has 1 aromatic carbocycles. The summed E-state index contributed by atoms with van der Waals surface area (Å²) in [7, 11) is 0. The van der Waals surface area contributed by atoms with Crippen LogP contribution in [0.15, 0.2) is 18.2 Å². The summed E-state index contributed by atoms with van der Waals surface area (Å²) in [6, 6.07) is 6.23. The number of rotatable bonds is 7. The maximum absolute atomic E-state index is 12.5. The van der Waals surface area contributed by atoms with E-state index in [0.29, 0.717) is 23.5 Å². The highest BCUT2D eigenvalue weighted by Crippen LogP contribution is 2.26. The highest BCUT2D eigenvalue weighted by Gasteiger charge is 2.22. The summed E-state index contributed by atoms with van der Waals surface area (Å²) in [4.78, 5) is 12.5. The van der Waals surface area contributed by atoms with Crippen molar-refractivity contribution >= 4 is 23.4 Å². The summed E-state index contributed by atoms with van der Waals surface area (Å²) in [5.74, 6) is 2.19. The first-order valence-electron chi connectivity index (χ1n) is 9.18. The molecule has 0 spiro atoms. The zero-order valence-electron chi connectivity index (χ0n) is 15.5. The molecule has 2 rings (SSSR count). The number of hydrogen-bond acceptors (Lipinski definition) is 3. The van der Waals surface area contributed by atoms with Gasteiger partial charge in [0.1, 0.15) is 0 Å². The molecule has 2 atom stereocenters. The quantitative estimate of drug-likeness (QED) is 0.756. The van der Waals surface area contributed by atoms with Gasteiger partial charge in [0.05, 0.1) is 0 Å². The van der Waals surface area contributed by atoms with Crippen molar-refractivity contribution in [3.63, 3.8) is 0 Å². The number of piperidine rings is 1. The number of nitrogens with one attached hydrogen (secondary N) is 2. The van der Waals surface area contributed by atoms with Gasteiger partial charge >= 0.3 is 0 Å². The van der Waals surface area contributed by atoms with Crippen LogP contribution in [-0.2, 0) is 10.5 Å². The first-order chi connectivity index (χ1) is 11.5. The topological polar surface area (TPSA) is 41.1 Å². The molecule has 0 aliphatic carbocycles. The van der Waals surface area contributed by atoms with Crippen molar-refractivity contribution in [3.8, 4) is 0 Å². The van der Waals surface area contributed by atoms with Crippen LogP contribution >= 0.6 is 11.8 Å². The van der Waals surface area contributed by atoms with Crippen LogP contribution in [0.3, 0.4) is 0 Å². The van der Waals surface area contributed by atoms with E-state index >= 15 is 0 Å². The third kappa shape index (κ3) is 5.82. The van der Waals surface area contributed by atoms with Gasteiger partial charge in [-0.25, -0.2) is 0 Å². The molecule has 0 bridgehead atoms. The Hall–Kier alpha value is -1.00. The van der Waals surface area contributed by atoms with E-state index in [1.807, 2.05) is 23.9 Å². The summed E-state index contributed by atoms with van der Waals surface area (Å²) >= 11 is 1.94. The smallest absolute Gasteiger partial charge is 0.224 e. The summed E-state index contributed by atoms with van der Waals surface area (Å²) < 4.78 is 0. The number of amides is 1. The largest absolute Gasteiger partial charge is 0.326 e. The lowest BCUT2D eigenvalue weighted by atomic mass is 9.85. The van der Waals surface area contributed by atoms with E-state index in [1.165, 1.54) is 24.0 Å². The van der Waals surface area contributed by atoms with Crippen molar-refractivity contribution < 1.29 is 4.79 Å². The van der Waals surface area contributed by atoms with Gasteiger partial charge in [-0.2, -0.15) is 11.8 Å². The fraction of sp³-hybridized carbons (Fsp3) is 0.650. The Balaban J connectivity index is 1.92. The Bertz CT molecular complexity index is 538. The van der Waals surface area contributed by atoms with Crippen LogP contribution in [0.25, 0.3) is 0 Å². The average Bonchev–Trinajstić information content (AvgIpc) is 2.56. The minimum atomic E-state index is 0.143. The normalized spacial score (nSPS) is 19.3. The molecular weight excluding hydrogens is 316 g/mol. The molecule has 1 fully saturated rings. The first kappa shape index (κ1) is 19.3. The maximum atomic E-state index is 12.5. The minimum Gasteiger partial charge on any atom is -0.326 e.